The molecule has 0 N–H and O–H groups in total. The normalized spacial score (nSPS) is 16.6. The van der Waals surface area contributed by atoms with Crippen LogP contribution in [0.25, 0.3) is 0 Å². The van der Waals surface area contributed by atoms with E-state index in [0.717, 1.165) is 16.8 Å². The van der Waals surface area contributed by atoms with Crippen molar-refractivity contribution in [1.29, 1.82) is 0 Å². The lowest BCUT2D eigenvalue weighted by Gasteiger charge is -2.43. The maximum atomic E-state index is 13.3. The smallest absolute Gasteiger partial charge is 0.253 e. The fourth-order valence-corrected chi connectivity index (χ4v) is 4.32. The minimum Gasteiger partial charge on any atom is -0.360 e. The number of hydrogen-bond acceptors (Lipinski definition) is 2. The van der Waals surface area contributed by atoms with Gasteiger partial charge in [-0.1, -0.05) is 41.4 Å². The van der Waals surface area contributed by atoms with E-state index in [1.54, 1.807) is 0 Å². The van der Waals surface area contributed by atoms with Gasteiger partial charge in [-0.25, -0.2) is 4.39 Å². The minimum absolute atomic E-state index is 0.0828. The molecule has 3 aromatic carbocycles. The summed E-state index contributed by atoms with van der Waals surface area (Å²) >= 11 is 12.7. The Kier molecular flexibility index (Phi) is 5.98. The number of carbonyl (C=O) groups is 1. The maximum absolute atomic E-state index is 13.3. The maximum Gasteiger partial charge on any atom is 0.253 e. The van der Waals surface area contributed by atoms with Crippen molar-refractivity contribution in [3.8, 4) is 0 Å². The topological polar surface area (TPSA) is 23.6 Å². The van der Waals surface area contributed by atoms with Crippen molar-refractivity contribution in [3.05, 3.63) is 99.3 Å². The summed E-state index contributed by atoms with van der Waals surface area (Å²) in [7, 11) is 0. The molecular weight excluding hydrogens is 422 g/mol. The van der Waals surface area contributed by atoms with Gasteiger partial charge in [-0.2, -0.15) is 0 Å². The van der Waals surface area contributed by atoms with Crippen LogP contribution in [0.1, 0.15) is 27.5 Å². The molecule has 3 nitrogen and oxygen atoms in total. The number of halogens is 3. The van der Waals surface area contributed by atoms with Crippen molar-refractivity contribution in [1.82, 2.24) is 4.90 Å². The molecule has 1 fully saturated rings. The summed E-state index contributed by atoms with van der Waals surface area (Å²) < 4.78 is 13.3. The molecule has 1 amide bonds. The summed E-state index contributed by atoms with van der Waals surface area (Å²) in [5.74, 6) is -0.465. The van der Waals surface area contributed by atoms with Crippen molar-refractivity contribution in [2.24, 2.45) is 0 Å². The van der Waals surface area contributed by atoms with Gasteiger partial charge in [-0.05, 0) is 66.6 Å². The zero-order valence-corrected chi connectivity index (χ0v) is 18.0. The fraction of sp³-hybridized carbons (Fsp3) is 0.208. The molecule has 0 aromatic heterocycles. The molecule has 0 radical (unpaired) electrons. The first-order chi connectivity index (χ1) is 14.4. The number of benzene rings is 3. The van der Waals surface area contributed by atoms with Crippen LogP contribution in [0.5, 0.6) is 0 Å². The largest absolute Gasteiger partial charge is 0.360 e. The lowest BCUT2D eigenvalue weighted by Crippen LogP contribution is -2.50. The summed E-state index contributed by atoms with van der Waals surface area (Å²) in [6.07, 6.45) is 0. The first-order valence-corrected chi connectivity index (χ1v) is 10.5. The number of anilines is 1. The van der Waals surface area contributed by atoms with E-state index in [2.05, 4.69) is 4.90 Å². The van der Waals surface area contributed by atoms with Crippen molar-refractivity contribution in [2.75, 3.05) is 24.5 Å². The Morgan fingerprint density at radius 2 is 1.67 bits per heavy atom. The minimum atomic E-state index is -0.357. The number of piperazine rings is 1. The number of hydrogen-bond donors (Lipinski definition) is 0. The quantitative estimate of drug-likeness (QED) is 0.485. The summed E-state index contributed by atoms with van der Waals surface area (Å²) in [6, 6.07) is 19.3. The fourth-order valence-electron chi connectivity index (χ4n) is 3.85. The lowest BCUT2D eigenvalue weighted by molar-refractivity contribution is 0.0722. The monoisotopic (exact) mass is 442 g/mol. The molecule has 1 heterocycles. The third-order valence-corrected chi connectivity index (χ3v) is 5.98. The van der Waals surface area contributed by atoms with E-state index in [9.17, 15) is 9.18 Å². The first-order valence-electron chi connectivity index (χ1n) is 9.75. The van der Waals surface area contributed by atoms with Gasteiger partial charge in [-0.3, -0.25) is 4.79 Å². The van der Waals surface area contributed by atoms with E-state index in [-0.39, 0.29) is 17.8 Å². The Hall–Kier alpha value is -2.56. The van der Waals surface area contributed by atoms with Crippen molar-refractivity contribution >= 4 is 34.8 Å². The second-order valence-corrected chi connectivity index (χ2v) is 8.32. The van der Waals surface area contributed by atoms with Gasteiger partial charge in [0.15, 0.2) is 0 Å². The molecule has 6 heteroatoms. The Morgan fingerprint density at radius 1 is 0.967 bits per heavy atom. The van der Waals surface area contributed by atoms with Crippen molar-refractivity contribution in [3.63, 3.8) is 0 Å². The second kappa shape index (κ2) is 8.66. The van der Waals surface area contributed by atoms with Crippen LogP contribution >= 0.6 is 23.2 Å². The number of nitrogens with zero attached hydrogens (tertiary/aromatic N) is 2. The lowest BCUT2D eigenvalue weighted by atomic mass is 10.00. The molecule has 1 unspecified atom stereocenters. The van der Waals surface area contributed by atoms with Crippen LogP contribution in [0.15, 0.2) is 66.7 Å². The molecule has 1 aliphatic rings. The molecule has 0 bridgehead atoms. The van der Waals surface area contributed by atoms with E-state index in [0.29, 0.717) is 35.2 Å². The molecule has 1 atom stereocenters. The number of carbonyl (C=O) groups excluding carboxylic acids is 1. The van der Waals surface area contributed by atoms with Gasteiger partial charge < -0.3 is 9.80 Å². The molecule has 1 saturated heterocycles. The standard InChI is InChI=1S/C24H21Cl2FN2O/c1-16-2-11-22(21(26)14-16)29-13-12-28(24(30)18-5-9-20(27)10-6-18)15-23(29)17-3-7-19(25)8-4-17/h2-11,14,23H,12-13,15H2,1H3. The average Bonchev–Trinajstić information content (AvgIpc) is 2.74. The van der Waals surface area contributed by atoms with E-state index in [4.69, 9.17) is 23.2 Å². The molecule has 3 aromatic rings. The number of amides is 1. The van der Waals surface area contributed by atoms with Gasteiger partial charge in [0.2, 0.25) is 0 Å². The molecule has 30 heavy (non-hydrogen) atoms. The second-order valence-electron chi connectivity index (χ2n) is 7.47. The van der Waals surface area contributed by atoms with Gasteiger partial charge in [0.1, 0.15) is 5.82 Å². The highest BCUT2D eigenvalue weighted by atomic mass is 35.5. The summed E-state index contributed by atoms with van der Waals surface area (Å²) in [5, 5.41) is 1.35. The van der Waals surface area contributed by atoms with Gasteiger partial charge in [0, 0.05) is 30.2 Å². The van der Waals surface area contributed by atoms with Crippen LogP contribution in [0.4, 0.5) is 10.1 Å². The summed E-state index contributed by atoms with van der Waals surface area (Å²) in [6.45, 7) is 3.67. The molecule has 0 aliphatic carbocycles. The number of aryl methyl sites for hydroxylation is 1. The molecular formula is C24H21Cl2FN2O. The SMILES string of the molecule is Cc1ccc(N2CCN(C(=O)c3ccc(F)cc3)CC2c2ccc(Cl)cc2)c(Cl)c1. The van der Waals surface area contributed by atoms with E-state index in [1.807, 2.05) is 54.3 Å². The number of rotatable bonds is 3. The van der Waals surface area contributed by atoms with Crippen LogP contribution in [0, 0.1) is 12.7 Å². The van der Waals surface area contributed by atoms with E-state index in [1.165, 1.54) is 24.3 Å². The molecule has 4 rings (SSSR count). The summed E-state index contributed by atoms with van der Waals surface area (Å²) in [4.78, 5) is 17.1. The third kappa shape index (κ3) is 4.30. The zero-order valence-electron chi connectivity index (χ0n) is 16.5. The van der Waals surface area contributed by atoms with Crippen LogP contribution in [0.2, 0.25) is 10.0 Å². The van der Waals surface area contributed by atoms with Gasteiger partial charge in [0.05, 0.1) is 16.8 Å². The Morgan fingerprint density at radius 3 is 2.33 bits per heavy atom. The van der Waals surface area contributed by atoms with Gasteiger partial charge in [0.25, 0.3) is 5.91 Å². The highest BCUT2D eigenvalue weighted by Gasteiger charge is 2.32. The average molecular weight is 443 g/mol. The molecule has 0 saturated carbocycles. The van der Waals surface area contributed by atoms with Gasteiger partial charge >= 0.3 is 0 Å². The Labute approximate surface area is 185 Å². The first kappa shape index (κ1) is 20.7. The Bertz CT molecular complexity index is 1050. The zero-order chi connectivity index (χ0) is 21.3. The highest BCUT2D eigenvalue weighted by Crippen LogP contribution is 2.36. The van der Waals surface area contributed by atoms with Crippen LogP contribution in [-0.2, 0) is 0 Å². The van der Waals surface area contributed by atoms with Crippen molar-refractivity contribution in [2.45, 2.75) is 13.0 Å². The van der Waals surface area contributed by atoms with E-state index >= 15 is 0 Å². The van der Waals surface area contributed by atoms with Crippen LogP contribution in [0.3, 0.4) is 0 Å². The molecule has 0 spiro atoms. The van der Waals surface area contributed by atoms with Crippen LogP contribution in [-0.4, -0.2) is 30.4 Å². The highest BCUT2D eigenvalue weighted by molar-refractivity contribution is 6.33. The predicted octanol–water partition coefficient (Wildman–Crippen LogP) is 6.14. The predicted molar refractivity (Wildman–Crippen MR) is 120 cm³/mol. The van der Waals surface area contributed by atoms with Crippen LogP contribution < -0.4 is 4.90 Å². The third-order valence-electron chi connectivity index (χ3n) is 5.43. The van der Waals surface area contributed by atoms with Gasteiger partial charge in [-0.15, -0.1) is 0 Å². The summed E-state index contributed by atoms with van der Waals surface area (Å²) in [5.41, 5.74) is 3.56. The van der Waals surface area contributed by atoms with Crippen molar-refractivity contribution < 1.29 is 9.18 Å². The molecule has 154 valence electrons. The Balaban J connectivity index is 1.66. The van der Waals surface area contributed by atoms with E-state index < -0.39 is 0 Å². The molecule has 1 aliphatic heterocycles.